The van der Waals surface area contributed by atoms with Crippen LogP contribution in [0.4, 0.5) is 0 Å². The lowest BCUT2D eigenvalue weighted by Gasteiger charge is -2.29. The molecule has 2 aromatic heterocycles. The molecule has 1 saturated heterocycles. The Hall–Kier alpha value is -3.54. The van der Waals surface area contributed by atoms with Crippen LogP contribution in [0.3, 0.4) is 0 Å². The van der Waals surface area contributed by atoms with Crippen molar-refractivity contribution in [3.05, 3.63) is 72.1 Å². The lowest BCUT2D eigenvalue weighted by molar-refractivity contribution is -0.136. The van der Waals surface area contributed by atoms with Gasteiger partial charge in [0.05, 0.1) is 0 Å². The van der Waals surface area contributed by atoms with E-state index in [1.165, 1.54) is 0 Å². The van der Waals surface area contributed by atoms with E-state index in [0.717, 1.165) is 32.9 Å². The number of piperazine rings is 1. The molecule has 2 amide bonds. The molecule has 0 spiro atoms. The van der Waals surface area contributed by atoms with Gasteiger partial charge < -0.3 is 20.6 Å². The highest BCUT2D eigenvalue weighted by Crippen LogP contribution is 2.22. The monoisotopic (exact) mass is 372 g/mol. The first-order valence-electron chi connectivity index (χ1n) is 9.40. The van der Waals surface area contributed by atoms with Crippen LogP contribution < -0.4 is 10.6 Å². The summed E-state index contributed by atoms with van der Waals surface area (Å²) in [7, 11) is 0. The number of para-hydroxylation sites is 2. The fourth-order valence-electron chi connectivity index (χ4n) is 4.00. The van der Waals surface area contributed by atoms with Crippen LogP contribution in [0.1, 0.15) is 11.1 Å². The van der Waals surface area contributed by atoms with Gasteiger partial charge in [0.15, 0.2) is 0 Å². The minimum atomic E-state index is -0.564. The smallest absolute Gasteiger partial charge is 0.243 e. The van der Waals surface area contributed by atoms with E-state index >= 15 is 0 Å². The Morgan fingerprint density at radius 2 is 1.07 bits per heavy atom. The van der Waals surface area contributed by atoms with E-state index in [9.17, 15) is 9.59 Å². The van der Waals surface area contributed by atoms with Crippen molar-refractivity contribution in [1.82, 2.24) is 20.6 Å². The van der Waals surface area contributed by atoms with Crippen molar-refractivity contribution < 1.29 is 9.59 Å². The van der Waals surface area contributed by atoms with E-state index in [2.05, 4.69) is 20.6 Å². The van der Waals surface area contributed by atoms with E-state index < -0.39 is 12.1 Å². The largest absolute Gasteiger partial charge is 0.361 e. The average molecular weight is 372 g/mol. The molecule has 5 rings (SSSR count). The molecular formula is C22H20N4O2. The summed E-state index contributed by atoms with van der Waals surface area (Å²) in [6.07, 6.45) is 4.73. The van der Waals surface area contributed by atoms with Crippen molar-refractivity contribution in [2.24, 2.45) is 0 Å². The highest BCUT2D eigenvalue weighted by Gasteiger charge is 2.34. The van der Waals surface area contributed by atoms with E-state index in [1.54, 1.807) is 0 Å². The Morgan fingerprint density at radius 3 is 1.54 bits per heavy atom. The van der Waals surface area contributed by atoms with Gasteiger partial charge in [-0.25, -0.2) is 0 Å². The summed E-state index contributed by atoms with van der Waals surface area (Å²) in [5.74, 6) is -0.288. The van der Waals surface area contributed by atoms with E-state index in [1.807, 2.05) is 60.9 Å². The Morgan fingerprint density at radius 1 is 0.643 bits per heavy atom. The summed E-state index contributed by atoms with van der Waals surface area (Å²) in [5.41, 5.74) is 4.09. The second kappa shape index (κ2) is 6.56. The first-order chi connectivity index (χ1) is 13.7. The number of benzene rings is 2. The van der Waals surface area contributed by atoms with Crippen LogP contribution in [0.25, 0.3) is 21.8 Å². The predicted molar refractivity (Wildman–Crippen MR) is 108 cm³/mol. The molecule has 0 radical (unpaired) electrons. The van der Waals surface area contributed by atoms with Gasteiger partial charge in [0, 0.05) is 47.0 Å². The van der Waals surface area contributed by atoms with E-state index in [4.69, 9.17) is 0 Å². The van der Waals surface area contributed by atoms with Crippen LogP contribution in [-0.2, 0) is 22.4 Å². The quantitative estimate of drug-likeness (QED) is 0.443. The van der Waals surface area contributed by atoms with Crippen LogP contribution in [0, 0.1) is 0 Å². The van der Waals surface area contributed by atoms with Crippen molar-refractivity contribution in [2.45, 2.75) is 24.9 Å². The van der Waals surface area contributed by atoms with Gasteiger partial charge in [-0.3, -0.25) is 9.59 Å². The molecule has 3 heterocycles. The number of H-pyrrole nitrogens is 2. The Kier molecular flexibility index (Phi) is 3.90. The minimum absolute atomic E-state index is 0.144. The fourth-order valence-corrected chi connectivity index (χ4v) is 4.00. The Bertz CT molecular complexity index is 1100. The minimum Gasteiger partial charge on any atom is -0.361 e. The molecule has 1 fully saturated rings. The molecule has 140 valence electrons. The number of aromatic nitrogens is 2. The third-order valence-corrected chi connectivity index (χ3v) is 5.46. The molecule has 1 aliphatic rings. The molecule has 6 heteroatoms. The summed E-state index contributed by atoms with van der Waals surface area (Å²) >= 11 is 0. The molecule has 4 aromatic rings. The molecule has 2 atom stereocenters. The fraction of sp³-hybridized carbons (Fsp3) is 0.182. The molecule has 4 N–H and O–H groups in total. The number of carbonyl (C=O) groups is 2. The molecule has 2 aromatic carbocycles. The first-order valence-corrected chi connectivity index (χ1v) is 9.40. The highest BCUT2D eigenvalue weighted by molar-refractivity contribution is 5.98. The van der Waals surface area contributed by atoms with Crippen LogP contribution >= 0.6 is 0 Å². The lowest BCUT2D eigenvalue weighted by atomic mass is 9.98. The molecule has 0 aliphatic carbocycles. The molecule has 0 bridgehead atoms. The van der Waals surface area contributed by atoms with Crippen LogP contribution in [-0.4, -0.2) is 33.9 Å². The summed E-state index contributed by atoms with van der Waals surface area (Å²) in [6, 6.07) is 14.8. The standard InChI is InChI=1S/C22H20N4O2/c27-21-19(9-13-11-23-17-7-3-1-5-15(13)17)25-22(28)20(26-21)10-14-12-24-18-8-4-2-6-16(14)18/h1-8,11-12,19-20,23-24H,9-10H2,(H,25,28)(H,26,27)/t19-,20?/m0/s1. The van der Waals surface area contributed by atoms with Crippen molar-refractivity contribution in [2.75, 3.05) is 0 Å². The molecule has 6 nitrogen and oxygen atoms in total. The Labute approximate surface area is 161 Å². The third-order valence-electron chi connectivity index (χ3n) is 5.46. The maximum absolute atomic E-state index is 12.7. The van der Waals surface area contributed by atoms with Crippen LogP contribution in [0.15, 0.2) is 60.9 Å². The topological polar surface area (TPSA) is 89.8 Å². The summed E-state index contributed by atoms with van der Waals surface area (Å²) in [6.45, 7) is 0. The summed E-state index contributed by atoms with van der Waals surface area (Å²) in [4.78, 5) is 31.7. The van der Waals surface area contributed by atoms with E-state index in [-0.39, 0.29) is 11.8 Å². The normalized spacial score (nSPS) is 19.7. The van der Waals surface area contributed by atoms with Crippen molar-refractivity contribution >= 4 is 33.6 Å². The van der Waals surface area contributed by atoms with Crippen molar-refractivity contribution in [1.29, 1.82) is 0 Å². The Balaban J connectivity index is 1.32. The molecular weight excluding hydrogens is 352 g/mol. The zero-order valence-corrected chi connectivity index (χ0v) is 15.2. The van der Waals surface area contributed by atoms with Gasteiger partial charge in [-0.15, -0.1) is 0 Å². The van der Waals surface area contributed by atoms with E-state index in [0.29, 0.717) is 12.8 Å². The molecule has 0 saturated carbocycles. The lowest BCUT2D eigenvalue weighted by Crippen LogP contribution is -2.62. The zero-order valence-electron chi connectivity index (χ0n) is 15.2. The second-order valence-electron chi connectivity index (χ2n) is 7.25. The number of aromatic amines is 2. The summed E-state index contributed by atoms with van der Waals surface area (Å²) in [5, 5.41) is 7.96. The first kappa shape index (κ1) is 16.6. The zero-order chi connectivity index (χ0) is 19.1. The highest BCUT2D eigenvalue weighted by atomic mass is 16.2. The van der Waals surface area contributed by atoms with Gasteiger partial charge in [-0.2, -0.15) is 0 Å². The van der Waals surface area contributed by atoms with Gasteiger partial charge in [0.25, 0.3) is 0 Å². The van der Waals surface area contributed by atoms with Gasteiger partial charge in [-0.05, 0) is 23.3 Å². The summed E-state index contributed by atoms with van der Waals surface area (Å²) < 4.78 is 0. The number of hydrogen-bond acceptors (Lipinski definition) is 2. The van der Waals surface area contributed by atoms with Crippen molar-refractivity contribution in [3.63, 3.8) is 0 Å². The van der Waals surface area contributed by atoms with Crippen LogP contribution in [0.2, 0.25) is 0 Å². The maximum atomic E-state index is 12.7. The maximum Gasteiger partial charge on any atom is 0.243 e. The second-order valence-corrected chi connectivity index (χ2v) is 7.25. The van der Waals surface area contributed by atoms with Gasteiger partial charge in [0.2, 0.25) is 11.8 Å². The van der Waals surface area contributed by atoms with Gasteiger partial charge >= 0.3 is 0 Å². The molecule has 1 aliphatic heterocycles. The SMILES string of the molecule is O=C1N[C@@H](Cc2c[nH]c3ccccc23)C(=O)NC1Cc1c[nH]c2ccccc12. The molecule has 1 unspecified atom stereocenters. The number of hydrogen-bond donors (Lipinski definition) is 4. The molecule has 28 heavy (non-hydrogen) atoms. The third kappa shape index (κ3) is 2.83. The number of fused-ring (bicyclic) bond motifs is 2. The number of amides is 2. The predicted octanol–water partition coefficient (Wildman–Crippen LogP) is 2.42. The number of nitrogens with one attached hydrogen (secondary N) is 4. The van der Waals surface area contributed by atoms with Crippen LogP contribution in [0.5, 0.6) is 0 Å². The number of rotatable bonds is 4. The van der Waals surface area contributed by atoms with Gasteiger partial charge in [-0.1, -0.05) is 36.4 Å². The number of carbonyl (C=O) groups excluding carboxylic acids is 2. The van der Waals surface area contributed by atoms with Crippen molar-refractivity contribution in [3.8, 4) is 0 Å². The average Bonchev–Trinajstić information content (AvgIpc) is 3.30. The van der Waals surface area contributed by atoms with Gasteiger partial charge in [0.1, 0.15) is 12.1 Å².